The van der Waals surface area contributed by atoms with Gasteiger partial charge >= 0.3 is 11.6 Å². The average Bonchev–Trinajstić information content (AvgIpc) is 2.85. The largest absolute Gasteiger partial charge is 0.478 e. The maximum absolute atomic E-state index is 14.8. The number of thiophene rings is 1. The molecule has 0 fully saturated rings. The van der Waals surface area contributed by atoms with Crippen molar-refractivity contribution >= 4 is 51.7 Å². The van der Waals surface area contributed by atoms with Gasteiger partial charge in [-0.2, -0.15) is 8.78 Å². The van der Waals surface area contributed by atoms with Crippen LogP contribution in [0.3, 0.4) is 0 Å². The highest BCUT2D eigenvalue weighted by Gasteiger charge is 2.48. The van der Waals surface area contributed by atoms with Gasteiger partial charge in [-0.15, -0.1) is 11.3 Å². The molecule has 1 aromatic heterocycles. The molecule has 0 saturated carbocycles. The summed E-state index contributed by atoms with van der Waals surface area (Å²) in [5.74, 6) is -1.16. The third kappa shape index (κ3) is 3.56. The van der Waals surface area contributed by atoms with Gasteiger partial charge in [0.05, 0.1) is 28.4 Å². The summed E-state index contributed by atoms with van der Waals surface area (Å²) >= 11 is 3.92. The lowest BCUT2D eigenvalue weighted by Gasteiger charge is -2.24. The molecule has 0 atom stereocenters. The lowest BCUT2D eigenvalue weighted by Crippen LogP contribution is -2.13. The van der Waals surface area contributed by atoms with Crippen LogP contribution in [0.5, 0.6) is 0 Å². The highest BCUT2D eigenvalue weighted by molar-refractivity contribution is 9.10. The Morgan fingerprint density at radius 2 is 1.96 bits per heavy atom. The number of carbonyl (C=O) groups is 1. The number of aromatic carboxylic acids is 1. The minimum absolute atomic E-state index is 0.00704. The van der Waals surface area contributed by atoms with Gasteiger partial charge in [0.15, 0.2) is 0 Å². The molecule has 1 heterocycles. The first kappa shape index (κ1) is 18.7. The van der Waals surface area contributed by atoms with E-state index in [1.807, 2.05) is 0 Å². The number of rotatable bonds is 7. The van der Waals surface area contributed by atoms with Gasteiger partial charge < -0.3 is 14.2 Å². The maximum Gasteiger partial charge on any atom is 0.349 e. The number of fused-ring (bicyclic) bond motifs is 1. The maximum atomic E-state index is 14.8. The third-order valence-electron chi connectivity index (χ3n) is 2.88. The van der Waals surface area contributed by atoms with Crippen LogP contribution < -0.4 is 0 Å². The quantitative estimate of drug-likeness (QED) is 0.568. The lowest BCUT2D eigenvalue weighted by atomic mass is 10.1. The molecule has 0 aliphatic heterocycles. The van der Waals surface area contributed by atoms with Gasteiger partial charge in [-0.1, -0.05) is 12.1 Å². The van der Waals surface area contributed by atoms with E-state index >= 15 is 0 Å². The molecule has 4 nitrogen and oxygen atoms in total. The van der Waals surface area contributed by atoms with E-state index < -0.39 is 20.0 Å². The van der Waals surface area contributed by atoms with Gasteiger partial charge in [0.2, 0.25) is 0 Å². The molecule has 0 aliphatic carbocycles. The van der Waals surface area contributed by atoms with Crippen LogP contribution in [0.15, 0.2) is 22.7 Å². The standard InChI is InChI=1S/C14H14BrF2O4PS/c1-3-20-22(21-4-2)14(16,17)12-10(15)8-6-5-7-9(13(18)19)11(8)23-12/h5-7H,3-4H2,1-2H3,(H,18,19). The number of hydrogen-bond acceptors (Lipinski definition) is 4. The molecule has 0 aliphatic rings. The minimum Gasteiger partial charge on any atom is -0.478 e. The zero-order chi connectivity index (χ0) is 17.2. The van der Waals surface area contributed by atoms with E-state index in [1.54, 1.807) is 19.9 Å². The van der Waals surface area contributed by atoms with Gasteiger partial charge in [0.1, 0.15) is 0 Å². The molecule has 2 aromatic rings. The Bertz CT molecular complexity index is 716. The second kappa shape index (κ2) is 7.49. The van der Waals surface area contributed by atoms with Crippen molar-refractivity contribution in [2.75, 3.05) is 13.2 Å². The number of carboxylic acid groups (broad SMARTS) is 1. The fourth-order valence-electron chi connectivity index (χ4n) is 1.97. The number of hydrogen-bond donors (Lipinski definition) is 1. The normalized spacial score (nSPS) is 12.3. The van der Waals surface area contributed by atoms with Gasteiger partial charge in [-0.05, 0) is 35.8 Å². The summed E-state index contributed by atoms with van der Waals surface area (Å²) in [4.78, 5) is 11.0. The molecule has 9 heteroatoms. The molecule has 0 amide bonds. The van der Waals surface area contributed by atoms with Crippen molar-refractivity contribution in [3.63, 3.8) is 0 Å². The fraction of sp³-hybridized carbons (Fsp3) is 0.357. The summed E-state index contributed by atoms with van der Waals surface area (Å²) in [7, 11) is -2.46. The van der Waals surface area contributed by atoms with Crippen LogP contribution in [-0.4, -0.2) is 24.3 Å². The summed E-state index contributed by atoms with van der Waals surface area (Å²) in [6.07, 6.45) is 0. The lowest BCUT2D eigenvalue weighted by molar-refractivity contribution is 0.0599. The second-order valence-electron chi connectivity index (χ2n) is 4.37. The molecule has 0 spiro atoms. The van der Waals surface area contributed by atoms with Crippen molar-refractivity contribution in [3.8, 4) is 0 Å². The molecule has 1 N–H and O–H groups in total. The number of alkyl halides is 2. The van der Waals surface area contributed by atoms with Crippen molar-refractivity contribution in [2.45, 2.75) is 19.5 Å². The highest BCUT2D eigenvalue weighted by Crippen LogP contribution is 2.63. The van der Waals surface area contributed by atoms with E-state index in [0.717, 1.165) is 11.3 Å². The van der Waals surface area contributed by atoms with Crippen molar-refractivity contribution < 1.29 is 27.7 Å². The average molecular weight is 427 g/mol. The second-order valence-corrected chi connectivity index (χ2v) is 7.77. The zero-order valence-corrected chi connectivity index (χ0v) is 15.6. The van der Waals surface area contributed by atoms with E-state index in [2.05, 4.69) is 15.9 Å². The number of carboxylic acids is 1. The Labute approximate surface area is 145 Å². The first-order chi connectivity index (χ1) is 10.8. The van der Waals surface area contributed by atoms with Crippen molar-refractivity contribution in [1.82, 2.24) is 0 Å². The van der Waals surface area contributed by atoms with Crippen LogP contribution in [0.1, 0.15) is 29.1 Å². The predicted octanol–water partition coefficient (Wildman–Crippen LogP) is 5.80. The molecular formula is C14H14BrF2O4PS. The summed E-state index contributed by atoms with van der Waals surface area (Å²) in [5.41, 5.74) is -3.35. The van der Waals surface area contributed by atoms with Crippen LogP contribution in [0.2, 0.25) is 0 Å². The number of benzene rings is 1. The Hall–Kier alpha value is -0.660. The van der Waals surface area contributed by atoms with Gasteiger partial charge in [0, 0.05) is 9.86 Å². The van der Waals surface area contributed by atoms with E-state index in [4.69, 9.17) is 9.05 Å². The SMILES string of the molecule is CCOP(OCC)C(F)(F)c1sc2c(C(=O)O)cccc2c1Br. The Morgan fingerprint density at radius 1 is 1.35 bits per heavy atom. The molecule has 0 saturated heterocycles. The summed E-state index contributed by atoms with van der Waals surface area (Å²) in [6, 6.07) is 4.52. The summed E-state index contributed by atoms with van der Waals surface area (Å²) in [6.45, 7) is 3.44. The van der Waals surface area contributed by atoms with Crippen molar-refractivity contribution in [3.05, 3.63) is 33.1 Å². The Kier molecular flexibility index (Phi) is 6.08. The molecule has 0 bridgehead atoms. The number of halogens is 3. The minimum atomic E-state index is -3.35. The fourth-order valence-corrected chi connectivity index (χ4v) is 5.65. The van der Waals surface area contributed by atoms with Gasteiger partial charge in [-0.25, -0.2) is 4.79 Å². The molecule has 126 valence electrons. The molecular weight excluding hydrogens is 413 g/mol. The monoisotopic (exact) mass is 426 g/mol. The van der Waals surface area contributed by atoms with Crippen LogP contribution in [0, 0.1) is 0 Å². The molecule has 0 radical (unpaired) electrons. The molecule has 23 heavy (non-hydrogen) atoms. The molecule has 2 rings (SSSR count). The van der Waals surface area contributed by atoms with E-state index in [-0.39, 0.29) is 28.1 Å². The van der Waals surface area contributed by atoms with E-state index in [9.17, 15) is 18.7 Å². The molecule has 0 unspecified atom stereocenters. The van der Waals surface area contributed by atoms with Crippen molar-refractivity contribution in [2.24, 2.45) is 0 Å². The summed E-state index contributed by atoms with van der Waals surface area (Å²) in [5, 5.41) is 9.66. The smallest absolute Gasteiger partial charge is 0.349 e. The van der Waals surface area contributed by atoms with Crippen molar-refractivity contribution in [1.29, 1.82) is 0 Å². The van der Waals surface area contributed by atoms with Gasteiger partial charge in [0.25, 0.3) is 8.38 Å². The summed E-state index contributed by atoms with van der Waals surface area (Å²) < 4.78 is 40.3. The Morgan fingerprint density at radius 3 is 2.48 bits per heavy atom. The Balaban J connectivity index is 2.60. The van der Waals surface area contributed by atoms with Crippen LogP contribution in [-0.2, 0) is 14.7 Å². The van der Waals surface area contributed by atoms with Crippen LogP contribution >= 0.6 is 35.6 Å². The van der Waals surface area contributed by atoms with E-state index in [0.29, 0.717) is 10.1 Å². The van der Waals surface area contributed by atoms with Crippen LogP contribution in [0.4, 0.5) is 8.78 Å². The van der Waals surface area contributed by atoms with Crippen LogP contribution in [0.25, 0.3) is 10.1 Å². The van der Waals surface area contributed by atoms with E-state index in [1.165, 1.54) is 12.1 Å². The zero-order valence-electron chi connectivity index (χ0n) is 12.3. The first-order valence-electron chi connectivity index (χ1n) is 6.73. The van der Waals surface area contributed by atoms with Gasteiger partial charge in [-0.3, -0.25) is 0 Å². The third-order valence-corrected chi connectivity index (χ3v) is 7.09. The first-order valence-corrected chi connectivity index (χ1v) is 9.51. The molecule has 1 aromatic carbocycles. The topological polar surface area (TPSA) is 55.8 Å². The highest BCUT2D eigenvalue weighted by atomic mass is 79.9. The predicted molar refractivity (Wildman–Crippen MR) is 90.6 cm³/mol.